The Morgan fingerprint density at radius 3 is 2.40 bits per heavy atom. The quantitative estimate of drug-likeness (QED) is 0.698. The summed E-state index contributed by atoms with van der Waals surface area (Å²) < 4.78 is 1.41. The normalized spacial score (nSPS) is 13.1. The van der Waals surface area contributed by atoms with E-state index in [9.17, 15) is 0 Å². The Balaban J connectivity index is 3.03. The van der Waals surface area contributed by atoms with E-state index in [0.29, 0.717) is 0 Å². The van der Waals surface area contributed by atoms with Crippen molar-refractivity contribution in [3.63, 3.8) is 0 Å². The van der Waals surface area contributed by atoms with E-state index in [4.69, 9.17) is 5.73 Å². The van der Waals surface area contributed by atoms with Crippen LogP contribution in [0.2, 0.25) is 0 Å². The van der Waals surface area contributed by atoms with Gasteiger partial charge in [-0.15, -0.1) is 0 Å². The molecule has 1 rings (SSSR count). The van der Waals surface area contributed by atoms with Gasteiger partial charge in [0.1, 0.15) is 0 Å². The Bertz CT molecular complexity index is 220. The molecule has 1 aromatic carbocycles. The summed E-state index contributed by atoms with van der Waals surface area (Å²) in [6.45, 7) is 2.02. The third-order valence-electron chi connectivity index (χ3n) is 1.49. The van der Waals surface area contributed by atoms with Crippen molar-refractivity contribution in [1.82, 2.24) is 0 Å². The monoisotopic (exact) mass is 241 g/mol. The topological polar surface area (TPSA) is 26.0 Å². The molecule has 0 spiro atoms. The van der Waals surface area contributed by atoms with Gasteiger partial charge in [-0.05, 0) is 0 Å². The number of nitrogens with two attached hydrogens (primary N) is 1. The zero-order valence-electron chi connectivity index (χ0n) is 6.04. The summed E-state index contributed by atoms with van der Waals surface area (Å²) in [6.07, 6.45) is 0. The Morgan fingerprint density at radius 1 is 1.40 bits per heavy atom. The van der Waals surface area contributed by atoms with Crippen molar-refractivity contribution >= 4 is 26.1 Å². The fourth-order valence-corrected chi connectivity index (χ4v) is 2.27. The standard InChI is InChI=1S/C8H10N.Sn.H/c1-7(9)8-5-3-2-4-6-8;;/h2-5,7H,9H2,1H3;;. The van der Waals surface area contributed by atoms with Gasteiger partial charge in [0, 0.05) is 0 Å². The summed E-state index contributed by atoms with van der Waals surface area (Å²) in [7, 11) is 0. The average molecular weight is 240 g/mol. The van der Waals surface area contributed by atoms with E-state index in [0.717, 1.165) is 22.5 Å². The third-order valence-corrected chi connectivity index (χ3v) is 2.99. The summed E-state index contributed by atoms with van der Waals surface area (Å²) in [5, 5.41) is 0. The molecule has 0 saturated heterocycles. The van der Waals surface area contributed by atoms with Crippen molar-refractivity contribution in [2.45, 2.75) is 13.0 Å². The fraction of sp³-hybridized carbons (Fsp3) is 0.250. The third kappa shape index (κ3) is 1.73. The van der Waals surface area contributed by atoms with Crippen LogP contribution in [0.25, 0.3) is 0 Å². The summed E-state index contributed by atoms with van der Waals surface area (Å²) in [5.74, 6) is 0. The van der Waals surface area contributed by atoms with Gasteiger partial charge in [-0.3, -0.25) is 0 Å². The first kappa shape index (κ1) is 8.08. The van der Waals surface area contributed by atoms with Crippen molar-refractivity contribution in [2.24, 2.45) is 5.73 Å². The van der Waals surface area contributed by atoms with Gasteiger partial charge in [0.2, 0.25) is 0 Å². The maximum atomic E-state index is 5.74. The summed E-state index contributed by atoms with van der Waals surface area (Å²) in [5.41, 5.74) is 7.03. The predicted molar refractivity (Wildman–Crippen MR) is 45.8 cm³/mol. The molecule has 1 aromatic rings. The van der Waals surface area contributed by atoms with Crippen LogP contribution < -0.4 is 9.31 Å². The van der Waals surface area contributed by atoms with Gasteiger partial charge in [0.25, 0.3) is 0 Å². The summed E-state index contributed by atoms with van der Waals surface area (Å²) in [4.78, 5) is 0. The van der Waals surface area contributed by atoms with E-state index in [1.807, 2.05) is 13.0 Å². The number of benzene rings is 1. The van der Waals surface area contributed by atoms with E-state index in [1.165, 1.54) is 9.14 Å². The Kier molecular flexibility index (Phi) is 2.74. The van der Waals surface area contributed by atoms with E-state index in [1.54, 1.807) is 0 Å². The molecule has 1 nitrogen and oxygen atoms in total. The molecule has 10 heavy (non-hydrogen) atoms. The molecule has 0 heterocycles. The van der Waals surface area contributed by atoms with Crippen LogP contribution in [0.3, 0.4) is 0 Å². The SMILES string of the molecule is CC(N)c1cccc[c]1[SnH]. The molecule has 2 radical (unpaired) electrons. The minimum atomic E-state index is 0.186. The van der Waals surface area contributed by atoms with E-state index in [-0.39, 0.29) is 6.04 Å². The molecular formula is C8H11NSn. The second-order valence-corrected chi connectivity index (χ2v) is 4.19. The van der Waals surface area contributed by atoms with Crippen LogP contribution in [0, 0.1) is 0 Å². The van der Waals surface area contributed by atoms with Crippen LogP contribution in [0.5, 0.6) is 0 Å². The minimum absolute atomic E-state index is 0.186. The van der Waals surface area contributed by atoms with E-state index >= 15 is 0 Å². The zero-order chi connectivity index (χ0) is 7.56. The van der Waals surface area contributed by atoms with Gasteiger partial charge in [-0.2, -0.15) is 0 Å². The zero-order valence-corrected chi connectivity index (χ0v) is 9.34. The average Bonchev–Trinajstić information content (AvgIpc) is 1.88. The van der Waals surface area contributed by atoms with Crippen molar-refractivity contribution in [2.75, 3.05) is 0 Å². The molecule has 0 aliphatic heterocycles. The van der Waals surface area contributed by atoms with Crippen LogP contribution >= 0.6 is 0 Å². The van der Waals surface area contributed by atoms with E-state index in [2.05, 4.69) is 18.2 Å². The molecule has 2 N–H and O–H groups in total. The van der Waals surface area contributed by atoms with Crippen molar-refractivity contribution in [3.8, 4) is 0 Å². The molecule has 0 aromatic heterocycles. The molecule has 0 aliphatic rings. The van der Waals surface area contributed by atoms with Crippen LogP contribution in [0.15, 0.2) is 24.3 Å². The molecule has 2 heteroatoms. The van der Waals surface area contributed by atoms with Gasteiger partial charge in [0.05, 0.1) is 0 Å². The second kappa shape index (κ2) is 3.39. The van der Waals surface area contributed by atoms with Gasteiger partial charge in [-0.1, -0.05) is 0 Å². The maximum absolute atomic E-state index is 5.74. The Hall–Kier alpha value is -0.0213. The van der Waals surface area contributed by atoms with E-state index < -0.39 is 0 Å². The molecule has 1 unspecified atom stereocenters. The molecule has 0 fully saturated rings. The summed E-state index contributed by atoms with van der Waals surface area (Å²) in [6, 6.07) is 8.53. The Labute approximate surface area is 74.7 Å². The molecule has 1 atom stereocenters. The van der Waals surface area contributed by atoms with Crippen LogP contribution in [-0.2, 0) is 0 Å². The number of hydrogen-bond donors (Lipinski definition) is 1. The Morgan fingerprint density at radius 2 is 2.00 bits per heavy atom. The van der Waals surface area contributed by atoms with Gasteiger partial charge in [-0.25, -0.2) is 0 Å². The van der Waals surface area contributed by atoms with Gasteiger partial charge < -0.3 is 0 Å². The summed E-state index contributed by atoms with van der Waals surface area (Å²) >= 11 is 1.16. The first-order chi connectivity index (χ1) is 4.72. The second-order valence-electron chi connectivity index (χ2n) is 2.42. The van der Waals surface area contributed by atoms with Crippen molar-refractivity contribution in [3.05, 3.63) is 29.8 Å². The molecule has 0 aliphatic carbocycles. The molecule has 0 amide bonds. The number of rotatable bonds is 1. The van der Waals surface area contributed by atoms with Gasteiger partial charge >= 0.3 is 74.6 Å². The fourth-order valence-electron chi connectivity index (χ4n) is 0.926. The molecule has 0 bridgehead atoms. The first-order valence-electron chi connectivity index (χ1n) is 3.32. The predicted octanol–water partition coefficient (Wildman–Crippen LogP) is 0.232. The molecule has 52 valence electrons. The van der Waals surface area contributed by atoms with Crippen LogP contribution in [0.4, 0.5) is 0 Å². The first-order valence-corrected chi connectivity index (χ1v) is 4.96. The molecule has 0 saturated carbocycles. The van der Waals surface area contributed by atoms with Crippen molar-refractivity contribution < 1.29 is 0 Å². The number of hydrogen-bond acceptors (Lipinski definition) is 1. The van der Waals surface area contributed by atoms with Crippen LogP contribution in [-0.4, -0.2) is 22.5 Å². The molecular weight excluding hydrogens is 229 g/mol. The van der Waals surface area contributed by atoms with Gasteiger partial charge in [0.15, 0.2) is 0 Å². The van der Waals surface area contributed by atoms with Crippen molar-refractivity contribution in [1.29, 1.82) is 0 Å². The van der Waals surface area contributed by atoms with Crippen LogP contribution in [0.1, 0.15) is 18.5 Å².